The molecule has 2 rings (SSSR count). The number of oxime groups is 1. The van der Waals surface area contributed by atoms with Gasteiger partial charge >= 0.3 is 0 Å². The molecule has 1 unspecified atom stereocenters. The van der Waals surface area contributed by atoms with E-state index in [0.717, 1.165) is 31.9 Å². The average Bonchev–Trinajstić information content (AvgIpc) is 2.53. The van der Waals surface area contributed by atoms with Crippen molar-refractivity contribution in [2.45, 2.75) is 26.3 Å². The Labute approximate surface area is 131 Å². The van der Waals surface area contributed by atoms with Crippen LogP contribution in [0.2, 0.25) is 5.02 Å². The zero-order valence-electron chi connectivity index (χ0n) is 12.6. The summed E-state index contributed by atoms with van der Waals surface area (Å²) >= 11 is 6.34. The predicted molar refractivity (Wildman–Crippen MR) is 87.5 cm³/mol. The SMILES string of the molecule is CCC(C)N1CCN(c2ccc(C(N)=NO)cc2Cl)CC1. The maximum atomic E-state index is 8.71. The summed E-state index contributed by atoms with van der Waals surface area (Å²) in [6, 6.07) is 6.14. The Balaban J connectivity index is 2.07. The maximum Gasteiger partial charge on any atom is 0.170 e. The van der Waals surface area contributed by atoms with Crippen molar-refractivity contribution >= 4 is 23.1 Å². The Morgan fingerprint density at radius 3 is 2.57 bits per heavy atom. The van der Waals surface area contributed by atoms with Gasteiger partial charge in [-0.05, 0) is 31.5 Å². The number of piperazine rings is 1. The van der Waals surface area contributed by atoms with E-state index in [0.29, 0.717) is 16.6 Å². The van der Waals surface area contributed by atoms with E-state index in [-0.39, 0.29) is 5.84 Å². The van der Waals surface area contributed by atoms with Gasteiger partial charge in [-0.3, -0.25) is 4.90 Å². The summed E-state index contributed by atoms with van der Waals surface area (Å²) in [4.78, 5) is 4.80. The molecule has 116 valence electrons. The van der Waals surface area contributed by atoms with Gasteiger partial charge in [-0.15, -0.1) is 0 Å². The summed E-state index contributed by atoms with van der Waals surface area (Å²) in [5.74, 6) is 0.0741. The zero-order chi connectivity index (χ0) is 15.4. The number of benzene rings is 1. The van der Waals surface area contributed by atoms with Gasteiger partial charge in [0.25, 0.3) is 0 Å². The van der Waals surface area contributed by atoms with E-state index < -0.39 is 0 Å². The molecule has 0 amide bonds. The Morgan fingerprint density at radius 2 is 2.05 bits per heavy atom. The fourth-order valence-electron chi connectivity index (χ4n) is 2.64. The smallest absolute Gasteiger partial charge is 0.170 e. The average molecular weight is 311 g/mol. The molecule has 1 fully saturated rings. The molecule has 0 aromatic heterocycles. The first-order valence-electron chi connectivity index (χ1n) is 7.33. The lowest BCUT2D eigenvalue weighted by molar-refractivity contribution is 0.193. The fraction of sp³-hybridized carbons (Fsp3) is 0.533. The lowest BCUT2D eigenvalue weighted by atomic mass is 10.1. The molecule has 0 aliphatic carbocycles. The van der Waals surface area contributed by atoms with Crippen LogP contribution in [-0.2, 0) is 0 Å². The largest absolute Gasteiger partial charge is 0.409 e. The number of hydrogen-bond acceptors (Lipinski definition) is 4. The number of rotatable bonds is 4. The van der Waals surface area contributed by atoms with E-state index in [9.17, 15) is 0 Å². The maximum absolute atomic E-state index is 8.71. The first-order valence-corrected chi connectivity index (χ1v) is 7.71. The first kappa shape index (κ1) is 15.9. The van der Waals surface area contributed by atoms with Crippen LogP contribution in [0.5, 0.6) is 0 Å². The third-order valence-corrected chi connectivity index (χ3v) is 4.52. The second-order valence-electron chi connectivity index (χ2n) is 5.43. The van der Waals surface area contributed by atoms with Gasteiger partial charge in [0.1, 0.15) is 0 Å². The third-order valence-electron chi connectivity index (χ3n) is 4.22. The van der Waals surface area contributed by atoms with Crippen LogP contribution in [0.1, 0.15) is 25.8 Å². The molecule has 1 aromatic rings. The molecule has 1 heterocycles. The lowest BCUT2D eigenvalue weighted by Gasteiger charge is -2.39. The van der Waals surface area contributed by atoms with Crippen molar-refractivity contribution < 1.29 is 5.21 Å². The zero-order valence-corrected chi connectivity index (χ0v) is 13.3. The lowest BCUT2D eigenvalue weighted by Crippen LogP contribution is -2.49. The van der Waals surface area contributed by atoms with Crippen LogP contribution in [0, 0.1) is 0 Å². The molecule has 0 radical (unpaired) electrons. The van der Waals surface area contributed by atoms with Crippen LogP contribution in [0.25, 0.3) is 0 Å². The summed E-state index contributed by atoms with van der Waals surface area (Å²) in [6.07, 6.45) is 1.18. The molecule has 1 aliphatic rings. The van der Waals surface area contributed by atoms with E-state index in [1.807, 2.05) is 12.1 Å². The second kappa shape index (κ2) is 7.00. The predicted octanol–water partition coefficient (Wildman–Crippen LogP) is 2.36. The topological polar surface area (TPSA) is 65.1 Å². The minimum absolute atomic E-state index is 0.0741. The van der Waals surface area contributed by atoms with Crippen molar-refractivity contribution in [2.75, 3.05) is 31.1 Å². The Bertz CT molecular complexity index is 512. The van der Waals surface area contributed by atoms with Gasteiger partial charge in [0.15, 0.2) is 5.84 Å². The monoisotopic (exact) mass is 310 g/mol. The van der Waals surface area contributed by atoms with E-state index >= 15 is 0 Å². The van der Waals surface area contributed by atoms with Gasteiger partial charge in [-0.1, -0.05) is 23.7 Å². The fourth-order valence-corrected chi connectivity index (χ4v) is 2.94. The van der Waals surface area contributed by atoms with Crippen LogP contribution in [0.15, 0.2) is 23.4 Å². The van der Waals surface area contributed by atoms with Crippen molar-refractivity contribution in [2.24, 2.45) is 10.9 Å². The number of nitrogens with zero attached hydrogens (tertiary/aromatic N) is 3. The number of nitrogens with two attached hydrogens (primary N) is 1. The molecule has 1 atom stereocenters. The Morgan fingerprint density at radius 1 is 1.38 bits per heavy atom. The summed E-state index contributed by atoms with van der Waals surface area (Å²) in [6.45, 7) is 8.52. The number of halogens is 1. The van der Waals surface area contributed by atoms with Gasteiger partial charge < -0.3 is 15.8 Å². The second-order valence-corrected chi connectivity index (χ2v) is 5.84. The van der Waals surface area contributed by atoms with Gasteiger partial charge in [0.05, 0.1) is 10.7 Å². The normalized spacial score (nSPS) is 18.8. The highest BCUT2D eigenvalue weighted by atomic mass is 35.5. The third kappa shape index (κ3) is 3.60. The van der Waals surface area contributed by atoms with Crippen LogP contribution in [0.3, 0.4) is 0 Å². The minimum Gasteiger partial charge on any atom is -0.409 e. The van der Waals surface area contributed by atoms with Crippen LogP contribution >= 0.6 is 11.6 Å². The Hall–Kier alpha value is -1.46. The van der Waals surface area contributed by atoms with E-state index in [1.165, 1.54) is 6.42 Å². The summed E-state index contributed by atoms with van der Waals surface area (Å²) in [7, 11) is 0. The summed E-state index contributed by atoms with van der Waals surface area (Å²) in [5.41, 5.74) is 7.22. The molecule has 0 bridgehead atoms. The molecule has 6 heteroatoms. The molecule has 3 N–H and O–H groups in total. The highest BCUT2D eigenvalue weighted by Gasteiger charge is 2.21. The van der Waals surface area contributed by atoms with Crippen molar-refractivity contribution in [1.82, 2.24) is 4.90 Å². The van der Waals surface area contributed by atoms with Crippen molar-refractivity contribution in [3.8, 4) is 0 Å². The molecule has 5 nitrogen and oxygen atoms in total. The first-order chi connectivity index (χ1) is 10.1. The molecule has 1 saturated heterocycles. The van der Waals surface area contributed by atoms with Crippen LogP contribution < -0.4 is 10.6 Å². The molecular formula is C15H23ClN4O. The standard InChI is InChI=1S/C15H23ClN4O/c1-3-11(2)19-6-8-20(9-7-19)14-5-4-12(10-13(14)16)15(17)18-21/h4-5,10-11,21H,3,6-9H2,1-2H3,(H2,17,18). The molecular weight excluding hydrogens is 288 g/mol. The highest BCUT2D eigenvalue weighted by Crippen LogP contribution is 2.28. The van der Waals surface area contributed by atoms with E-state index in [4.69, 9.17) is 22.5 Å². The number of amidine groups is 1. The van der Waals surface area contributed by atoms with Gasteiger partial charge in [-0.25, -0.2) is 0 Å². The van der Waals surface area contributed by atoms with Gasteiger partial charge in [-0.2, -0.15) is 0 Å². The van der Waals surface area contributed by atoms with E-state index in [2.05, 4.69) is 28.8 Å². The quantitative estimate of drug-likeness (QED) is 0.388. The minimum atomic E-state index is 0.0741. The molecule has 0 spiro atoms. The summed E-state index contributed by atoms with van der Waals surface area (Å²) < 4.78 is 0. The van der Waals surface area contributed by atoms with Crippen molar-refractivity contribution in [3.05, 3.63) is 28.8 Å². The molecule has 21 heavy (non-hydrogen) atoms. The van der Waals surface area contributed by atoms with Gasteiger partial charge in [0.2, 0.25) is 0 Å². The molecule has 0 saturated carbocycles. The van der Waals surface area contributed by atoms with Crippen molar-refractivity contribution in [1.29, 1.82) is 0 Å². The van der Waals surface area contributed by atoms with Crippen LogP contribution in [-0.4, -0.2) is 48.2 Å². The van der Waals surface area contributed by atoms with Crippen LogP contribution in [0.4, 0.5) is 5.69 Å². The number of anilines is 1. The summed E-state index contributed by atoms with van der Waals surface area (Å²) in [5, 5.41) is 12.3. The van der Waals surface area contributed by atoms with E-state index in [1.54, 1.807) is 6.07 Å². The number of hydrogen-bond donors (Lipinski definition) is 2. The van der Waals surface area contributed by atoms with Gasteiger partial charge in [0, 0.05) is 37.8 Å². The molecule has 1 aliphatic heterocycles. The van der Waals surface area contributed by atoms with Crippen molar-refractivity contribution in [3.63, 3.8) is 0 Å². The highest BCUT2D eigenvalue weighted by molar-refractivity contribution is 6.33. The molecule has 1 aromatic carbocycles. The Kier molecular flexibility index (Phi) is 5.31.